The number of amides is 1. The molecule has 3 rings (SSSR count). The second-order valence-corrected chi connectivity index (χ2v) is 6.80. The molecule has 0 radical (unpaired) electrons. The Morgan fingerprint density at radius 2 is 2.00 bits per heavy atom. The fourth-order valence-electron chi connectivity index (χ4n) is 2.89. The van der Waals surface area contributed by atoms with E-state index in [4.69, 9.17) is 4.74 Å². The number of nitrogens with zero attached hydrogens (tertiary/aromatic N) is 1. The van der Waals surface area contributed by atoms with Gasteiger partial charge in [-0.15, -0.1) is 11.3 Å². The van der Waals surface area contributed by atoms with Crippen molar-refractivity contribution in [1.82, 2.24) is 10.2 Å². The third-order valence-electron chi connectivity index (χ3n) is 4.23. The molecule has 5 heteroatoms. The summed E-state index contributed by atoms with van der Waals surface area (Å²) in [6.07, 6.45) is 2.01. The highest BCUT2D eigenvalue weighted by atomic mass is 32.1. The quantitative estimate of drug-likeness (QED) is 0.916. The molecule has 23 heavy (non-hydrogen) atoms. The predicted molar refractivity (Wildman–Crippen MR) is 93.1 cm³/mol. The third kappa shape index (κ3) is 4.33. The molecule has 1 amide bonds. The van der Waals surface area contributed by atoms with Gasteiger partial charge in [0.15, 0.2) is 0 Å². The standard InChI is InChI=1S/C18H22N2O2S/c1-22-16-6-4-14(5-7-16)13-20-10-8-15(9-11-20)19-18(21)17-3-2-12-23-17/h2-7,12,15H,8-11,13H2,1H3,(H,19,21). The van der Waals surface area contributed by atoms with Gasteiger partial charge in [0.2, 0.25) is 0 Å². The number of thiophene rings is 1. The SMILES string of the molecule is COc1ccc(CN2CCC(NC(=O)c3cccs3)CC2)cc1. The molecule has 1 N–H and O–H groups in total. The first-order valence-electron chi connectivity index (χ1n) is 7.94. The van der Waals surface area contributed by atoms with Crippen molar-refractivity contribution < 1.29 is 9.53 Å². The molecule has 0 atom stereocenters. The molecule has 122 valence electrons. The molecular formula is C18H22N2O2S. The van der Waals surface area contributed by atoms with Crippen molar-refractivity contribution in [2.45, 2.75) is 25.4 Å². The van der Waals surface area contributed by atoms with E-state index in [1.807, 2.05) is 29.6 Å². The normalized spacial score (nSPS) is 16.2. The summed E-state index contributed by atoms with van der Waals surface area (Å²) in [6.45, 7) is 2.98. The lowest BCUT2D eigenvalue weighted by Crippen LogP contribution is -2.44. The Labute approximate surface area is 141 Å². The van der Waals surface area contributed by atoms with Crippen molar-refractivity contribution in [3.8, 4) is 5.75 Å². The van der Waals surface area contributed by atoms with Gasteiger partial charge in [-0.3, -0.25) is 9.69 Å². The van der Waals surface area contributed by atoms with Crippen LogP contribution in [0.1, 0.15) is 28.1 Å². The van der Waals surface area contributed by atoms with Gasteiger partial charge in [-0.1, -0.05) is 18.2 Å². The Morgan fingerprint density at radius 3 is 2.61 bits per heavy atom. The maximum atomic E-state index is 12.1. The van der Waals surface area contributed by atoms with Crippen LogP contribution in [0.3, 0.4) is 0 Å². The monoisotopic (exact) mass is 330 g/mol. The van der Waals surface area contributed by atoms with Gasteiger partial charge in [-0.2, -0.15) is 0 Å². The average molecular weight is 330 g/mol. The van der Waals surface area contributed by atoms with E-state index in [9.17, 15) is 4.79 Å². The van der Waals surface area contributed by atoms with Gasteiger partial charge in [0.25, 0.3) is 5.91 Å². The van der Waals surface area contributed by atoms with E-state index in [-0.39, 0.29) is 11.9 Å². The average Bonchev–Trinajstić information content (AvgIpc) is 3.12. The Hall–Kier alpha value is -1.85. The maximum Gasteiger partial charge on any atom is 0.261 e. The van der Waals surface area contributed by atoms with Crippen LogP contribution in [0.15, 0.2) is 41.8 Å². The van der Waals surface area contributed by atoms with E-state index in [2.05, 4.69) is 22.3 Å². The summed E-state index contributed by atoms with van der Waals surface area (Å²) < 4.78 is 5.19. The molecule has 1 aromatic heterocycles. The van der Waals surface area contributed by atoms with E-state index in [1.165, 1.54) is 16.9 Å². The molecule has 1 aliphatic heterocycles. The summed E-state index contributed by atoms with van der Waals surface area (Å²) in [7, 11) is 1.68. The van der Waals surface area contributed by atoms with Gasteiger partial charge in [-0.25, -0.2) is 0 Å². The Morgan fingerprint density at radius 1 is 1.26 bits per heavy atom. The lowest BCUT2D eigenvalue weighted by atomic mass is 10.0. The van der Waals surface area contributed by atoms with E-state index >= 15 is 0 Å². The van der Waals surface area contributed by atoms with E-state index in [1.54, 1.807) is 7.11 Å². The maximum absolute atomic E-state index is 12.1. The van der Waals surface area contributed by atoms with Crippen molar-refractivity contribution in [3.63, 3.8) is 0 Å². The number of rotatable bonds is 5. The van der Waals surface area contributed by atoms with Gasteiger partial charge < -0.3 is 10.1 Å². The number of methoxy groups -OCH3 is 1. The summed E-state index contributed by atoms with van der Waals surface area (Å²) in [6, 6.07) is 12.3. The molecule has 0 spiro atoms. The summed E-state index contributed by atoms with van der Waals surface area (Å²) in [5.74, 6) is 0.956. The van der Waals surface area contributed by atoms with Crippen LogP contribution < -0.4 is 10.1 Å². The van der Waals surface area contributed by atoms with Crippen LogP contribution in [0.5, 0.6) is 5.75 Å². The molecule has 0 aliphatic carbocycles. The first kappa shape index (κ1) is 16.0. The number of carbonyl (C=O) groups excluding carboxylic acids is 1. The zero-order chi connectivity index (χ0) is 16.1. The minimum absolute atomic E-state index is 0.0635. The highest BCUT2D eigenvalue weighted by molar-refractivity contribution is 7.12. The van der Waals surface area contributed by atoms with Gasteiger partial charge in [-0.05, 0) is 42.0 Å². The summed E-state index contributed by atoms with van der Waals surface area (Å²) in [5.41, 5.74) is 1.30. The topological polar surface area (TPSA) is 41.6 Å². The van der Waals surface area contributed by atoms with E-state index in [0.717, 1.165) is 43.1 Å². The number of hydrogen-bond donors (Lipinski definition) is 1. The number of benzene rings is 1. The molecule has 2 heterocycles. The molecule has 2 aromatic rings. The van der Waals surface area contributed by atoms with Crippen LogP contribution in [0, 0.1) is 0 Å². The molecule has 4 nitrogen and oxygen atoms in total. The smallest absolute Gasteiger partial charge is 0.261 e. The molecular weight excluding hydrogens is 308 g/mol. The Bertz CT molecular complexity index is 617. The zero-order valence-electron chi connectivity index (χ0n) is 13.3. The van der Waals surface area contributed by atoms with Crippen molar-refractivity contribution in [1.29, 1.82) is 0 Å². The lowest BCUT2D eigenvalue weighted by molar-refractivity contribution is 0.0913. The highest BCUT2D eigenvalue weighted by Crippen LogP contribution is 2.17. The fourth-order valence-corrected chi connectivity index (χ4v) is 3.52. The number of likely N-dealkylation sites (tertiary alicyclic amines) is 1. The van der Waals surface area contributed by atoms with Crippen LogP contribution in [-0.4, -0.2) is 37.0 Å². The molecule has 0 saturated carbocycles. The van der Waals surface area contributed by atoms with Gasteiger partial charge in [0.05, 0.1) is 12.0 Å². The first-order valence-corrected chi connectivity index (χ1v) is 8.82. The number of hydrogen-bond acceptors (Lipinski definition) is 4. The minimum Gasteiger partial charge on any atom is -0.497 e. The predicted octanol–water partition coefficient (Wildman–Crippen LogP) is 3.15. The summed E-state index contributed by atoms with van der Waals surface area (Å²) in [4.78, 5) is 15.3. The van der Waals surface area contributed by atoms with Crippen LogP contribution in [0.25, 0.3) is 0 Å². The van der Waals surface area contributed by atoms with Crippen LogP contribution in [-0.2, 0) is 6.54 Å². The molecule has 1 fully saturated rings. The van der Waals surface area contributed by atoms with Crippen molar-refractivity contribution in [3.05, 3.63) is 52.2 Å². The lowest BCUT2D eigenvalue weighted by Gasteiger charge is -2.32. The molecule has 0 unspecified atom stereocenters. The van der Waals surface area contributed by atoms with Crippen molar-refractivity contribution in [2.75, 3.05) is 20.2 Å². The number of carbonyl (C=O) groups is 1. The first-order chi connectivity index (χ1) is 11.2. The van der Waals surface area contributed by atoms with Gasteiger partial charge >= 0.3 is 0 Å². The molecule has 1 saturated heterocycles. The number of nitrogens with one attached hydrogen (secondary N) is 1. The molecule has 1 aromatic carbocycles. The number of piperidine rings is 1. The largest absolute Gasteiger partial charge is 0.497 e. The van der Waals surface area contributed by atoms with Crippen LogP contribution in [0.4, 0.5) is 0 Å². The molecule has 0 bridgehead atoms. The second kappa shape index (κ2) is 7.62. The summed E-state index contributed by atoms with van der Waals surface area (Å²) in [5, 5.41) is 5.09. The zero-order valence-corrected chi connectivity index (χ0v) is 14.1. The molecule has 1 aliphatic rings. The summed E-state index contributed by atoms with van der Waals surface area (Å²) >= 11 is 1.49. The van der Waals surface area contributed by atoms with E-state index < -0.39 is 0 Å². The third-order valence-corrected chi connectivity index (χ3v) is 5.10. The highest BCUT2D eigenvalue weighted by Gasteiger charge is 2.21. The second-order valence-electron chi connectivity index (χ2n) is 5.85. The van der Waals surface area contributed by atoms with Gasteiger partial charge in [0, 0.05) is 25.7 Å². The van der Waals surface area contributed by atoms with Crippen molar-refractivity contribution in [2.24, 2.45) is 0 Å². The van der Waals surface area contributed by atoms with Crippen molar-refractivity contribution >= 4 is 17.2 Å². The fraction of sp³-hybridized carbons (Fsp3) is 0.389. The van der Waals surface area contributed by atoms with Gasteiger partial charge in [0.1, 0.15) is 5.75 Å². The number of ether oxygens (including phenoxy) is 1. The van der Waals surface area contributed by atoms with Crippen LogP contribution >= 0.6 is 11.3 Å². The van der Waals surface area contributed by atoms with E-state index in [0.29, 0.717) is 0 Å². The van der Waals surface area contributed by atoms with Crippen LogP contribution in [0.2, 0.25) is 0 Å². The Balaban J connectivity index is 1.45. The Kier molecular flexibility index (Phi) is 5.31. The minimum atomic E-state index is 0.0635.